The molecule has 0 saturated carbocycles. The van der Waals surface area contributed by atoms with E-state index in [0.717, 1.165) is 0 Å². The van der Waals surface area contributed by atoms with Crippen molar-refractivity contribution >= 4 is 13.3 Å². The van der Waals surface area contributed by atoms with Crippen LogP contribution in [0.25, 0.3) is 0 Å². The molecular weight excluding hydrogens is 271 g/mol. The summed E-state index contributed by atoms with van der Waals surface area (Å²) in [4.78, 5) is 0. The third kappa shape index (κ3) is 3.46. The zero-order valence-electron chi connectivity index (χ0n) is 8.34. The van der Waals surface area contributed by atoms with Crippen LogP contribution in [0.15, 0.2) is 60.7 Å². The first-order chi connectivity index (χ1) is 7.36. The molecule has 0 bridgehead atoms. The molecule has 1 radical (unpaired) electrons. The second-order valence-electron chi connectivity index (χ2n) is 3.00. The molecule has 0 saturated heterocycles. The van der Waals surface area contributed by atoms with Gasteiger partial charge in [-0.2, -0.15) is 0 Å². The quantitative estimate of drug-likeness (QED) is 0.638. The SMILES string of the molecule is O=[P+](Oc1ccccc1)c1ccccc1.[Cu]. The van der Waals surface area contributed by atoms with E-state index in [4.69, 9.17) is 4.52 Å². The Kier molecular flexibility index (Phi) is 5.21. The van der Waals surface area contributed by atoms with Gasteiger partial charge in [0.2, 0.25) is 5.30 Å². The largest absolute Gasteiger partial charge is 0.597 e. The maximum atomic E-state index is 11.7. The fourth-order valence-electron chi connectivity index (χ4n) is 1.18. The van der Waals surface area contributed by atoms with Crippen molar-refractivity contribution in [3.05, 3.63) is 60.7 Å². The van der Waals surface area contributed by atoms with Gasteiger partial charge in [0.15, 0.2) is 5.75 Å². The van der Waals surface area contributed by atoms with Gasteiger partial charge in [0.1, 0.15) is 0 Å². The third-order valence-corrected chi connectivity index (χ3v) is 2.99. The smallest absolute Gasteiger partial charge is 0.250 e. The summed E-state index contributed by atoms with van der Waals surface area (Å²) in [5.74, 6) is 0.627. The fourth-order valence-corrected chi connectivity index (χ4v) is 2.01. The number of para-hydroxylation sites is 1. The van der Waals surface area contributed by atoms with Gasteiger partial charge in [0, 0.05) is 17.1 Å². The predicted octanol–water partition coefficient (Wildman–Crippen LogP) is 3.13. The van der Waals surface area contributed by atoms with Gasteiger partial charge in [0.25, 0.3) is 0 Å². The van der Waals surface area contributed by atoms with Crippen LogP contribution in [0.5, 0.6) is 5.75 Å². The van der Waals surface area contributed by atoms with Gasteiger partial charge in [-0.05, 0) is 28.8 Å². The van der Waals surface area contributed by atoms with Gasteiger partial charge in [-0.15, -0.1) is 0 Å². The standard InChI is InChI=1S/C12H10O2P.Cu/c13-15(12-9-5-2-6-10-12)14-11-7-3-1-4-8-11;/h1-10H;/q+1;. The second-order valence-corrected chi connectivity index (χ2v) is 4.21. The van der Waals surface area contributed by atoms with Crippen molar-refractivity contribution in [3.63, 3.8) is 0 Å². The summed E-state index contributed by atoms with van der Waals surface area (Å²) in [6.45, 7) is 0. The summed E-state index contributed by atoms with van der Waals surface area (Å²) < 4.78 is 17.0. The van der Waals surface area contributed by atoms with Crippen molar-refractivity contribution < 1.29 is 26.2 Å². The van der Waals surface area contributed by atoms with Crippen LogP contribution in [0.4, 0.5) is 0 Å². The van der Waals surface area contributed by atoms with Crippen LogP contribution in [0.2, 0.25) is 0 Å². The van der Waals surface area contributed by atoms with E-state index in [1.54, 1.807) is 24.3 Å². The molecule has 0 spiro atoms. The minimum Gasteiger partial charge on any atom is -0.250 e. The average Bonchev–Trinajstić information content (AvgIpc) is 2.31. The number of hydrogen-bond donors (Lipinski definition) is 0. The second kappa shape index (κ2) is 6.44. The van der Waals surface area contributed by atoms with Crippen molar-refractivity contribution in [2.75, 3.05) is 0 Å². The van der Waals surface area contributed by atoms with E-state index in [0.29, 0.717) is 11.1 Å². The molecule has 0 amide bonds. The maximum Gasteiger partial charge on any atom is 0.597 e. The van der Waals surface area contributed by atoms with Gasteiger partial charge in [-0.25, -0.2) is 0 Å². The molecule has 0 fully saturated rings. The molecule has 0 aliphatic rings. The molecule has 16 heavy (non-hydrogen) atoms. The summed E-state index contributed by atoms with van der Waals surface area (Å²) in [7, 11) is -1.80. The summed E-state index contributed by atoms with van der Waals surface area (Å²) in [6, 6.07) is 18.3. The molecule has 1 unspecified atom stereocenters. The summed E-state index contributed by atoms with van der Waals surface area (Å²) >= 11 is 0. The van der Waals surface area contributed by atoms with Gasteiger partial charge >= 0.3 is 8.03 Å². The molecule has 2 aromatic rings. The van der Waals surface area contributed by atoms with Crippen LogP contribution in [-0.4, -0.2) is 0 Å². The van der Waals surface area contributed by atoms with Gasteiger partial charge in [-0.1, -0.05) is 36.4 Å². The van der Waals surface area contributed by atoms with E-state index >= 15 is 0 Å². The summed E-state index contributed by atoms with van der Waals surface area (Å²) in [6.07, 6.45) is 0. The van der Waals surface area contributed by atoms with E-state index < -0.39 is 8.03 Å². The zero-order chi connectivity index (χ0) is 10.5. The molecular formula is C12H10CuO2P+. The van der Waals surface area contributed by atoms with Crippen molar-refractivity contribution in [2.24, 2.45) is 0 Å². The Balaban J connectivity index is 0.00000128. The Bertz CT molecular complexity index is 445. The van der Waals surface area contributed by atoms with E-state index in [2.05, 4.69) is 0 Å². The fraction of sp³-hybridized carbons (Fsp3) is 0. The Hall–Kier alpha value is -1.14. The topological polar surface area (TPSA) is 26.3 Å². The van der Waals surface area contributed by atoms with Gasteiger partial charge < -0.3 is 0 Å². The van der Waals surface area contributed by atoms with Crippen LogP contribution < -0.4 is 9.83 Å². The Morgan fingerprint density at radius 1 is 0.812 bits per heavy atom. The Morgan fingerprint density at radius 3 is 1.88 bits per heavy atom. The first-order valence-corrected chi connectivity index (χ1v) is 5.79. The molecule has 2 aromatic carbocycles. The first-order valence-electron chi connectivity index (χ1n) is 4.61. The van der Waals surface area contributed by atoms with Crippen molar-refractivity contribution in [1.82, 2.24) is 0 Å². The normalized spacial score (nSPS) is 10.1. The maximum absolute atomic E-state index is 11.7. The molecule has 0 aromatic heterocycles. The Morgan fingerprint density at radius 2 is 1.31 bits per heavy atom. The minimum atomic E-state index is -1.80. The van der Waals surface area contributed by atoms with Crippen LogP contribution in [0.3, 0.4) is 0 Å². The average molecular weight is 281 g/mol. The molecule has 4 heteroatoms. The van der Waals surface area contributed by atoms with Crippen molar-refractivity contribution in [3.8, 4) is 5.75 Å². The molecule has 2 rings (SSSR count). The van der Waals surface area contributed by atoms with E-state index in [1.807, 2.05) is 36.4 Å². The summed E-state index contributed by atoms with van der Waals surface area (Å²) in [5.41, 5.74) is 0. The monoisotopic (exact) mass is 280 g/mol. The number of hydrogen-bond acceptors (Lipinski definition) is 2. The van der Waals surface area contributed by atoms with Crippen molar-refractivity contribution in [2.45, 2.75) is 0 Å². The number of rotatable bonds is 3. The molecule has 1 atom stereocenters. The van der Waals surface area contributed by atoms with Gasteiger partial charge in [-0.3, -0.25) is 4.52 Å². The van der Waals surface area contributed by atoms with E-state index in [1.165, 1.54) is 0 Å². The Labute approximate surface area is 106 Å². The molecule has 2 nitrogen and oxygen atoms in total. The number of benzene rings is 2. The first kappa shape index (κ1) is 12.9. The predicted molar refractivity (Wildman–Crippen MR) is 60.8 cm³/mol. The van der Waals surface area contributed by atoms with Crippen molar-refractivity contribution in [1.29, 1.82) is 0 Å². The van der Waals surface area contributed by atoms with Gasteiger partial charge in [0.05, 0.1) is 0 Å². The summed E-state index contributed by atoms with van der Waals surface area (Å²) in [5, 5.41) is 0.705. The third-order valence-electron chi connectivity index (χ3n) is 1.90. The molecule has 0 aliphatic heterocycles. The molecule has 0 heterocycles. The molecule has 85 valence electrons. The van der Waals surface area contributed by atoms with Crippen LogP contribution >= 0.6 is 8.03 Å². The van der Waals surface area contributed by atoms with Crippen LogP contribution in [0.1, 0.15) is 0 Å². The zero-order valence-corrected chi connectivity index (χ0v) is 10.2. The molecule has 0 N–H and O–H groups in total. The van der Waals surface area contributed by atoms with E-state index in [-0.39, 0.29) is 17.1 Å². The van der Waals surface area contributed by atoms with Crippen LogP contribution in [0, 0.1) is 0 Å². The van der Waals surface area contributed by atoms with E-state index in [9.17, 15) is 4.57 Å². The van der Waals surface area contributed by atoms with Crippen LogP contribution in [-0.2, 0) is 21.6 Å². The molecule has 0 aliphatic carbocycles. The minimum absolute atomic E-state index is 0.